The average molecular weight is 276 g/mol. The van der Waals surface area contributed by atoms with E-state index in [-0.39, 0.29) is 0 Å². The molecule has 0 saturated carbocycles. The first-order valence-electron chi connectivity index (χ1n) is 7.83. The molecule has 112 valence electrons. The Balaban J connectivity index is 2.09. The molecule has 1 heterocycles. The SMILES string of the molecule is CCCNC(CN1CCOCC1C)c1ccccc1C. The van der Waals surface area contributed by atoms with Crippen molar-refractivity contribution < 1.29 is 4.74 Å². The van der Waals surface area contributed by atoms with Gasteiger partial charge in [0.05, 0.1) is 13.2 Å². The minimum Gasteiger partial charge on any atom is -0.379 e. The molecule has 1 aliphatic heterocycles. The molecule has 2 rings (SSSR count). The van der Waals surface area contributed by atoms with Crippen LogP contribution < -0.4 is 5.32 Å². The molecule has 2 unspecified atom stereocenters. The van der Waals surface area contributed by atoms with Crippen LogP contribution in [-0.2, 0) is 4.74 Å². The van der Waals surface area contributed by atoms with Crippen molar-refractivity contribution in [3.8, 4) is 0 Å². The van der Waals surface area contributed by atoms with E-state index in [1.807, 2.05) is 0 Å². The van der Waals surface area contributed by atoms with Gasteiger partial charge in [0.25, 0.3) is 0 Å². The molecule has 1 aromatic rings. The standard InChI is InChI=1S/C17H28N2O/c1-4-9-18-17(16-8-6-5-7-14(16)2)12-19-10-11-20-13-15(19)3/h5-8,15,17-18H,4,9-13H2,1-3H3. The van der Waals surface area contributed by atoms with Crippen LogP contribution in [0.3, 0.4) is 0 Å². The number of rotatable bonds is 6. The van der Waals surface area contributed by atoms with Crippen molar-refractivity contribution in [3.63, 3.8) is 0 Å². The molecular formula is C17H28N2O. The third-order valence-electron chi connectivity index (χ3n) is 4.13. The van der Waals surface area contributed by atoms with Gasteiger partial charge in [-0.25, -0.2) is 0 Å². The Morgan fingerprint density at radius 2 is 2.20 bits per heavy atom. The van der Waals surface area contributed by atoms with E-state index in [0.717, 1.165) is 32.8 Å². The largest absolute Gasteiger partial charge is 0.379 e. The van der Waals surface area contributed by atoms with Crippen LogP contribution in [-0.4, -0.2) is 43.8 Å². The van der Waals surface area contributed by atoms with Gasteiger partial charge in [0.1, 0.15) is 0 Å². The Labute approximate surface area is 123 Å². The molecule has 2 atom stereocenters. The summed E-state index contributed by atoms with van der Waals surface area (Å²) in [5.41, 5.74) is 2.81. The minimum atomic E-state index is 0.414. The Morgan fingerprint density at radius 1 is 1.40 bits per heavy atom. The van der Waals surface area contributed by atoms with Crippen molar-refractivity contribution >= 4 is 0 Å². The summed E-state index contributed by atoms with van der Waals surface area (Å²) in [5, 5.41) is 3.71. The fourth-order valence-corrected chi connectivity index (χ4v) is 2.84. The van der Waals surface area contributed by atoms with Crippen LogP contribution in [0, 0.1) is 6.92 Å². The number of ether oxygens (including phenoxy) is 1. The number of nitrogens with one attached hydrogen (secondary N) is 1. The van der Waals surface area contributed by atoms with Gasteiger partial charge in [-0.3, -0.25) is 4.90 Å². The zero-order valence-corrected chi connectivity index (χ0v) is 13.1. The van der Waals surface area contributed by atoms with Crippen molar-refractivity contribution in [2.24, 2.45) is 0 Å². The normalized spacial score (nSPS) is 21.9. The second kappa shape index (κ2) is 7.77. The molecule has 0 aromatic heterocycles. The van der Waals surface area contributed by atoms with Crippen LogP contribution in [0.1, 0.15) is 37.4 Å². The van der Waals surface area contributed by atoms with Gasteiger partial charge in [0.2, 0.25) is 0 Å². The molecule has 3 heteroatoms. The van der Waals surface area contributed by atoms with Crippen LogP contribution in [0.5, 0.6) is 0 Å². The lowest BCUT2D eigenvalue weighted by atomic mass is 10.00. The molecule has 0 aliphatic carbocycles. The molecule has 1 aliphatic rings. The van der Waals surface area contributed by atoms with E-state index in [9.17, 15) is 0 Å². The van der Waals surface area contributed by atoms with Gasteiger partial charge in [0, 0.05) is 25.2 Å². The third kappa shape index (κ3) is 4.05. The Bertz CT molecular complexity index is 408. The van der Waals surface area contributed by atoms with Crippen molar-refractivity contribution in [1.82, 2.24) is 10.2 Å². The first-order valence-corrected chi connectivity index (χ1v) is 7.83. The summed E-state index contributed by atoms with van der Waals surface area (Å²) in [6.45, 7) is 11.6. The van der Waals surface area contributed by atoms with Crippen molar-refractivity contribution in [3.05, 3.63) is 35.4 Å². The third-order valence-corrected chi connectivity index (χ3v) is 4.13. The van der Waals surface area contributed by atoms with Crippen LogP contribution in [0.2, 0.25) is 0 Å². The Morgan fingerprint density at radius 3 is 2.90 bits per heavy atom. The summed E-state index contributed by atoms with van der Waals surface area (Å²) in [5.74, 6) is 0. The lowest BCUT2D eigenvalue weighted by molar-refractivity contribution is -0.00450. The van der Waals surface area contributed by atoms with Crippen molar-refractivity contribution in [1.29, 1.82) is 0 Å². The van der Waals surface area contributed by atoms with E-state index in [1.54, 1.807) is 0 Å². The summed E-state index contributed by atoms with van der Waals surface area (Å²) < 4.78 is 5.54. The van der Waals surface area contributed by atoms with Gasteiger partial charge in [-0.2, -0.15) is 0 Å². The monoisotopic (exact) mass is 276 g/mol. The molecule has 0 spiro atoms. The smallest absolute Gasteiger partial charge is 0.0619 e. The number of aryl methyl sites for hydroxylation is 1. The summed E-state index contributed by atoms with van der Waals surface area (Å²) >= 11 is 0. The molecule has 1 saturated heterocycles. The van der Waals surface area contributed by atoms with E-state index in [0.29, 0.717) is 12.1 Å². The van der Waals surface area contributed by atoms with Crippen LogP contribution in [0.4, 0.5) is 0 Å². The zero-order chi connectivity index (χ0) is 14.4. The molecule has 1 fully saturated rings. The Kier molecular flexibility index (Phi) is 6.02. The molecule has 3 nitrogen and oxygen atoms in total. The van der Waals surface area contributed by atoms with Gasteiger partial charge in [-0.1, -0.05) is 31.2 Å². The molecule has 0 bridgehead atoms. The molecular weight excluding hydrogens is 248 g/mol. The van der Waals surface area contributed by atoms with Crippen LogP contribution in [0.15, 0.2) is 24.3 Å². The first-order chi connectivity index (χ1) is 9.72. The number of benzene rings is 1. The van der Waals surface area contributed by atoms with Gasteiger partial charge in [-0.05, 0) is 37.9 Å². The Hall–Kier alpha value is -0.900. The lowest BCUT2D eigenvalue weighted by Gasteiger charge is -2.36. The van der Waals surface area contributed by atoms with E-state index in [4.69, 9.17) is 4.74 Å². The molecule has 0 amide bonds. The van der Waals surface area contributed by atoms with Gasteiger partial charge in [0.15, 0.2) is 0 Å². The summed E-state index contributed by atoms with van der Waals surface area (Å²) in [7, 11) is 0. The minimum absolute atomic E-state index is 0.414. The van der Waals surface area contributed by atoms with Gasteiger partial charge >= 0.3 is 0 Å². The highest BCUT2D eigenvalue weighted by Gasteiger charge is 2.23. The van der Waals surface area contributed by atoms with Gasteiger partial charge < -0.3 is 10.1 Å². The number of morpholine rings is 1. The summed E-state index contributed by atoms with van der Waals surface area (Å²) in [6, 6.07) is 9.65. The second-order valence-electron chi connectivity index (χ2n) is 5.78. The second-order valence-corrected chi connectivity index (χ2v) is 5.78. The zero-order valence-electron chi connectivity index (χ0n) is 13.1. The van der Waals surface area contributed by atoms with E-state index >= 15 is 0 Å². The maximum Gasteiger partial charge on any atom is 0.0619 e. The highest BCUT2D eigenvalue weighted by molar-refractivity contribution is 5.29. The van der Waals surface area contributed by atoms with E-state index in [1.165, 1.54) is 17.5 Å². The molecule has 20 heavy (non-hydrogen) atoms. The summed E-state index contributed by atoms with van der Waals surface area (Å²) in [6.07, 6.45) is 1.17. The van der Waals surface area contributed by atoms with E-state index < -0.39 is 0 Å². The topological polar surface area (TPSA) is 24.5 Å². The predicted molar refractivity (Wildman–Crippen MR) is 84.1 cm³/mol. The van der Waals surface area contributed by atoms with Gasteiger partial charge in [-0.15, -0.1) is 0 Å². The molecule has 1 N–H and O–H groups in total. The number of hydrogen-bond donors (Lipinski definition) is 1. The fourth-order valence-electron chi connectivity index (χ4n) is 2.84. The fraction of sp³-hybridized carbons (Fsp3) is 0.647. The van der Waals surface area contributed by atoms with Crippen molar-refractivity contribution in [2.45, 2.75) is 39.3 Å². The van der Waals surface area contributed by atoms with Crippen LogP contribution in [0.25, 0.3) is 0 Å². The van der Waals surface area contributed by atoms with Crippen LogP contribution >= 0.6 is 0 Å². The molecule has 0 radical (unpaired) electrons. The number of hydrogen-bond acceptors (Lipinski definition) is 3. The van der Waals surface area contributed by atoms with E-state index in [2.05, 4.69) is 55.3 Å². The summed E-state index contributed by atoms with van der Waals surface area (Å²) in [4.78, 5) is 2.54. The first kappa shape index (κ1) is 15.5. The maximum absolute atomic E-state index is 5.54. The average Bonchev–Trinajstić information content (AvgIpc) is 2.46. The lowest BCUT2D eigenvalue weighted by Crippen LogP contribution is -2.47. The maximum atomic E-state index is 5.54. The highest BCUT2D eigenvalue weighted by Crippen LogP contribution is 2.20. The number of nitrogens with zero attached hydrogens (tertiary/aromatic N) is 1. The van der Waals surface area contributed by atoms with Crippen molar-refractivity contribution in [2.75, 3.05) is 32.8 Å². The quantitative estimate of drug-likeness (QED) is 0.864. The highest BCUT2D eigenvalue weighted by atomic mass is 16.5. The molecule has 1 aromatic carbocycles. The predicted octanol–water partition coefficient (Wildman–Crippen LogP) is 2.76.